The number of rotatable bonds is 2. The first-order valence-corrected chi connectivity index (χ1v) is 3.55. The van der Waals surface area contributed by atoms with Gasteiger partial charge in [-0.2, -0.15) is 0 Å². The van der Waals surface area contributed by atoms with Gasteiger partial charge in [0, 0.05) is 12.8 Å². The van der Waals surface area contributed by atoms with Gasteiger partial charge in [0.05, 0.1) is 6.10 Å². The van der Waals surface area contributed by atoms with E-state index in [0.717, 1.165) is 6.42 Å². The summed E-state index contributed by atoms with van der Waals surface area (Å²) in [6.07, 6.45) is 2.19. The summed E-state index contributed by atoms with van der Waals surface area (Å²) in [5, 5.41) is 0. The standard InChI is InChI=1S/C6H9ClO2/c7-4-9-6-2-1-5(8)3-6/h6H,1-4H2. The summed E-state index contributed by atoms with van der Waals surface area (Å²) in [4.78, 5) is 10.6. The van der Waals surface area contributed by atoms with Crippen LogP contribution in [0.4, 0.5) is 0 Å². The maximum absolute atomic E-state index is 10.6. The molecule has 0 saturated heterocycles. The van der Waals surface area contributed by atoms with Crippen LogP contribution < -0.4 is 0 Å². The van der Waals surface area contributed by atoms with Crippen LogP contribution in [-0.2, 0) is 9.53 Å². The average molecular weight is 149 g/mol. The molecular formula is C6H9ClO2. The Morgan fingerprint density at radius 1 is 1.78 bits per heavy atom. The second-order valence-electron chi connectivity index (χ2n) is 2.18. The minimum Gasteiger partial charge on any atom is -0.362 e. The van der Waals surface area contributed by atoms with Crippen molar-refractivity contribution in [1.82, 2.24) is 0 Å². The number of hydrogen-bond donors (Lipinski definition) is 0. The molecule has 0 aliphatic heterocycles. The molecule has 0 radical (unpaired) electrons. The first-order chi connectivity index (χ1) is 4.33. The van der Waals surface area contributed by atoms with Crippen molar-refractivity contribution in [2.24, 2.45) is 0 Å². The first kappa shape index (κ1) is 7.03. The molecule has 0 aromatic heterocycles. The van der Waals surface area contributed by atoms with E-state index >= 15 is 0 Å². The van der Waals surface area contributed by atoms with Crippen molar-refractivity contribution in [3.63, 3.8) is 0 Å². The number of hydrogen-bond acceptors (Lipinski definition) is 2. The van der Waals surface area contributed by atoms with Crippen molar-refractivity contribution in [3.05, 3.63) is 0 Å². The Bertz CT molecular complexity index is 114. The minimum absolute atomic E-state index is 0.106. The van der Waals surface area contributed by atoms with Gasteiger partial charge < -0.3 is 4.74 Å². The number of ether oxygens (including phenoxy) is 1. The molecular weight excluding hydrogens is 140 g/mol. The highest BCUT2D eigenvalue weighted by Crippen LogP contribution is 2.17. The van der Waals surface area contributed by atoms with E-state index in [9.17, 15) is 4.79 Å². The molecule has 0 spiro atoms. The lowest BCUT2D eigenvalue weighted by Crippen LogP contribution is -2.06. The summed E-state index contributed by atoms with van der Waals surface area (Å²) in [6, 6.07) is 0.206. The number of carbonyl (C=O) groups is 1. The van der Waals surface area contributed by atoms with Crippen molar-refractivity contribution >= 4 is 17.4 Å². The second kappa shape index (κ2) is 3.18. The van der Waals surface area contributed by atoms with Gasteiger partial charge in [0.15, 0.2) is 0 Å². The predicted molar refractivity (Wildman–Crippen MR) is 34.5 cm³/mol. The van der Waals surface area contributed by atoms with Crippen molar-refractivity contribution in [1.29, 1.82) is 0 Å². The molecule has 1 aliphatic rings. The molecule has 1 atom stereocenters. The molecule has 0 aromatic carbocycles. The van der Waals surface area contributed by atoms with E-state index in [4.69, 9.17) is 16.3 Å². The van der Waals surface area contributed by atoms with Gasteiger partial charge in [-0.25, -0.2) is 0 Å². The molecule has 1 rings (SSSR count). The molecule has 1 aliphatic carbocycles. The lowest BCUT2D eigenvalue weighted by Gasteiger charge is -2.04. The highest BCUT2D eigenvalue weighted by atomic mass is 35.5. The smallest absolute Gasteiger partial charge is 0.135 e. The summed E-state index contributed by atoms with van der Waals surface area (Å²) in [7, 11) is 0. The van der Waals surface area contributed by atoms with E-state index in [1.165, 1.54) is 0 Å². The fourth-order valence-electron chi connectivity index (χ4n) is 1.01. The Morgan fingerprint density at radius 3 is 3.00 bits per heavy atom. The molecule has 1 unspecified atom stereocenters. The van der Waals surface area contributed by atoms with Gasteiger partial charge in [0.25, 0.3) is 0 Å². The fourth-order valence-corrected chi connectivity index (χ4v) is 1.19. The van der Waals surface area contributed by atoms with Gasteiger partial charge >= 0.3 is 0 Å². The van der Waals surface area contributed by atoms with Crippen LogP contribution >= 0.6 is 11.6 Å². The Morgan fingerprint density at radius 2 is 2.56 bits per heavy atom. The summed E-state index contributed by atoms with van der Waals surface area (Å²) in [5.41, 5.74) is 0. The van der Waals surface area contributed by atoms with E-state index < -0.39 is 0 Å². The van der Waals surface area contributed by atoms with Crippen LogP contribution in [0.15, 0.2) is 0 Å². The number of Topliss-reactive ketones (excluding diaryl/α,β-unsaturated/α-hetero) is 1. The Kier molecular flexibility index (Phi) is 2.49. The van der Waals surface area contributed by atoms with Gasteiger partial charge in [0.1, 0.15) is 11.8 Å². The molecule has 1 fully saturated rings. The quantitative estimate of drug-likeness (QED) is 0.553. The molecule has 52 valence electrons. The van der Waals surface area contributed by atoms with Gasteiger partial charge in [-0.05, 0) is 6.42 Å². The molecule has 0 aromatic rings. The minimum atomic E-state index is 0.106. The van der Waals surface area contributed by atoms with Crippen molar-refractivity contribution in [3.8, 4) is 0 Å². The molecule has 1 saturated carbocycles. The predicted octanol–water partition coefficient (Wildman–Crippen LogP) is 1.32. The molecule has 0 amide bonds. The highest BCUT2D eigenvalue weighted by Gasteiger charge is 2.21. The summed E-state index contributed by atoms with van der Waals surface area (Å²) in [6.45, 7) is 0. The van der Waals surface area contributed by atoms with Gasteiger partial charge in [0.2, 0.25) is 0 Å². The van der Waals surface area contributed by atoms with Crippen LogP contribution in [0.1, 0.15) is 19.3 Å². The summed E-state index contributed by atoms with van der Waals surface area (Å²) >= 11 is 5.30. The first-order valence-electron chi connectivity index (χ1n) is 3.02. The van der Waals surface area contributed by atoms with Crippen LogP contribution in [-0.4, -0.2) is 18.0 Å². The van der Waals surface area contributed by atoms with Crippen LogP contribution in [0.5, 0.6) is 0 Å². The maximum Gasteiger partial charge on any atom is 0.135 e. The van der Waals surface area contributed by atoms with Gasteiger partial charge in [-0.1, -0.05) is 11.6 Å². The van der Waals surface area contributed by atoms with E-state index in [-0.39, 0.29) is 12.2 Å². The zero-order chi connectivity index (χ0) is 6.69. The third-order valence-corrected chi connectivity index (χ3v) is 1.63. The number of halogens is 1. The normalized spacial score (nSPS) is 27.2. The Hall–Kier alpha value is -0.0800. The number of alkyl halides is 1. The molecule has 2 nitrogen and oxygen atoms in total. The van der Waals surface area contributed by atoms with E-state index in [2.05, 4.69) is 0 Å². The molecule has 9 heavy (non-hydrogen) atoms. The lowest BCUT2D eigenvalue weighted by molar-refractivity contribution is -0.118. The zero-order valence-corrected chi connectivity index (χ0v) is 5.86. The van der Waals surface area contributed by atoms with Gasteiger partial charge in [-0.3, -0.25) is 4.79 Å². The SMILES string of the molecule is O=C1CCC(OCCl)C1. The summed E-state index contributed by atoms with van der Waals surface area (Å²) in [5.74, 6) is 0.296. The van der Waals surface area contributed by atoms with E-state index in [0.29, 0.717) is 18.6 Å². The molecule has 0 bridgehead atoms. The average Bonchev–Trinajstić information content (AvgIpc) is 2.17. The lowest BCUT2D eigenvalue weighted by atomic mass is 10.3. The van der Waals surface area contributed by atoms with Crippen LogP contribution in [0.2, 0.25) is 0 Å². The van der Waals surface area contributed by atoms with E-state index in [1.54, 1.807) is 0 Å². The summed E-state index contributed by atoms with van der Waals surface area (Å²) < 4.78 is 5.02. The van der Waals surface area contributed by atoms with Crippen LogP contribution in [0, 0.1) is 0 Å². The van der Waals surface area contributed by atoms with Crippen LogP contribution in [0.3, 0.4) is 0 Å². The topological polar surface area (TPSA) is 26.3 Å². The molecule has 0 N–H and O–H groups in total. The Balaban J connectivity index is 2.22. The third kappa shape index (κ3) is 1.95. The van der Waals surface area contributed by atoms with Crippen LogP contribution in [0.25, 0.3) is 0 Å². The van der Waals surface area contributed by atoms with Crippen molar-refractivity contribution in [2.45, 2.75) is 25.4 Å². The third-order valence-electron chi connectivity index (χ3n) is 1.50. The second-order valence-corrected chi connectivity index (χ2v) is 2.40. The maximum atomic E-state index is 10.6. The number of ketones is 1. The zero-order valence-electron chi connectivity index (χ0n) is 5.10. The van der Waals surface area contributed by atoms with E-state index in [1.807, 2.05) is 0 Å². The largest absolute Gasteiger partial charge is 0.362 e. The van der Waals surface area contributed by atoms with Crippen molar-refractivity contribution in [2.75, 3.05) is 6.07 Å². The monoisotopic (exact) mass is 148 g/mol. The highest BCUT2D eigenvalue weighted by molar-refractivity contribution is 6.17. The van der Waals surface area contributed by atoms with Crippen molar-refractivity contribution < 1.29 is 9.53 Å². The molecule has 0 heterocycles. The fraction of sp³-hybridized carbons (Fsp3) is 0.833. The Labute approximate surface area is 59.1 Å². The number of carbonyl (C=O) groups excluding carboxylic acids is 1. The van der Waals surface area contributed by atoms with Gasteiger partial charge in [-0.15, -0.1) is 0 Å². The molecule has 3 heteroatoms.